The number of rotatable bonds is 3. The summed E-state index contributed by atoms with van der Waals surface area (Å²) in [5.74, 6) is 0. The molecule has 3 nitrogen and oxygen atoms in total. The first-order chi connectivity index (χ1) is 10.2. The lowest BCUT2D eigenvalue weighted by Crippen LogP contribution is -2.61. The number of allylic oxidation sites excluding steroid dienone is 2. The first-order valence-corrected chi connectivity index (χ1v) is 7.74. The molecule has 0 amide bonds. The molecule has 0 aromatic heterocycles. The second kappa shape index (κ2) is 6.14. The monoisotopic (exact) mass is 284 g/mol. The highest BCUT2D eigenvalue weighted by molar-refractivity contribution is 5.28. The van der Waals surface area contributed by atoms with Crippen LogP contribution in [0.2, 0.25) is 0 Å². The first kappa shape index (κ1) is 14.5. The molecule has 2 aliphatic rings. The lowest BCUT2D eigenvalue weighted by Gasteiger charge is -2.45. The van der Waals surface area contributed by atoms with Gasteiger partial charge in [-0.05, 0) is 18.9 Å². The summed E-state index contributed by atoms with van der Waals surface area (Å²) in [6.07, 6.45) is 6.86. The fraction of sp³-hybridized carbons (Fsp3) is 0.444. The molecule has 1 heterocycles. The van der Waals surface area contributed by atoms with Crippen LogP contribution in [0.25, 0.3) is 0 Å². The minimum Gasteiger partial charge on any atom is -0.384 e. The van der Waals surface area contributed by atoms with E-state index in [0.29, 0.717) is 6.42 Å². The summed E-state index contributed by atoms with van der Waals surface area (Å²) in [7, 11) is 0. The summed E-state index contributed by atoms with van der Waals surface area (Å²) < 4.78 is 0. The van der Waals surface area contributed by atoms with E-state index in [1.54, 1.807) is 0 Å². The maximum Gasteiger partial charge on any atom is 0.103 e. The van der Waals surface area contributed by atoms with Crippen LogP contribution in [0.3, 0.4) is 0 Å². The van der Waals surface area contributed by atoms with Crippen LogP contribution in [-0.4, -0.2) is 41.3 Å². The van der Waals surface area contributed by atoms with Gasteiger partial charge in [-0.3, -0.25) is 4.90 Å². The minimum absolute atomic E-state index is 0.118. The highest BCUT2D eigenvalue weighted by Crippen LogP contribution is 2.29. The predicted octanol–water partition coefficient (Wildman–Crippen LogP) is 2.10. The molecule has 0 radical (unpaired) electrons. The van der Waals surface area contributed by atoms with E-state index in [-0.39, 0.29) is 6.04 Å². The van der Waals surface area contributed by atoms with Gasteiger partial charge in [0.25, 0.3) is 0 Å². The quantitative estimate of drug-likeness (QED) is 0.892. The van der Waals surface area contributed by atoms with Crippen molar-refractivity contribution in [3.05, 3.63) is 59.7 Å². The average molecular weight is 284 g/mol. The third-order valence-corrected chi connectivity index (χ3v) is 4.55. The van der Waals surface area contributed by atoms with Gasteiger partial charge in [0.1, 0.15) is 5.60 Å². The van der Waals surface area contributed by atoms with Gasteiger partial charge < -0.3 is 10.4 Å². The van der Waals surface area contributed by atoms with E-state index in [4.69, 9.17) is 0 Å². The molecule has 3 heteroatoms. The standard InChI is InChI=1S/C18H24N2O/c1-15-7-9-18(21,10-8-15)17-13-19-11-12-20(17)14-16-5-3-2-4-6-16/h2-9,17,19,21H,10-14H2,1H3. The van der Waals surface area contributed by atoms with E-state index in [1.165, 1.54) is 11.1 Å². The van der Waals surface area contributed by atoms with Gasteiger partial charge in [-0.2, -0.15) is 0 Å². The van der Waals surface area contributed by atoms with E-state index in [0.717, 1.165) is 26.2 Å². The summed E-state index contributed by atoms with van der Waals surface area (Å²) in [4.78, 5) is 2.41. The Labute approximate surface area is 127 Å². The zero-order valence-electron chi connectivity index (χ0n) is 12.6. The van der Waals surface area contributed by atoms with Gasteiger partial charge >= 0.3 is 0 Å². The van der Waals surface area contributed by atoms with Crippen LogP contribution in [0.1, 0.15) is 18.9 Å². The summed E-state index contributed by atoms with van der Waals surface area (Å²) in [5, 5.41) is 14.5. The van der Waals surface area contributed by atoms with E-state index in [2.05, 4.69) is 47.5 Å². The Morgan fingerprint density at radius 1 is 1.33 bits per heavy atom. The highest BCUT2D eigenvalue weighted by Gasteiger charge is 2.39. The second-order valence-electron chi connectivity index (χ2n) is 6.15. The molecule has 2 unspecified atom stereocenters. The summed E-state index contributed by atoms with van der Waals surface area (Å²) in [6.45, 7) is 5.76. The molecule has 3 rings (SSSR count). The van der Waals surface area contributed by atoms with Gasteiger partial charge in [-0.15, -0.1) is 0 Å². The van der Waals surface area contributed by atoms with Crippen LogP contribution < -0.4 is 5.32 Å². The normalized spacial score (nSPS) is 30.2. The number of aliphatic hydroxyl groups is 1. The molecular formula is C18H24N2O. The van der Waals surface area contributed by atoms with Crippen molar-refractivity contribution in [2.75, 3.05) is 19.6 Å². The zero-order valence-corrected chi connectivity index (χ0v) is 12.6. The van der Waals surface area contributed by atoms with Gasteiger partial charge in [-0.25, -0.2) is 0 Å². The number of piperazine rings is 1. The maximum absolute atomic E-state index is 11.0. The molecule has 112 valence electrons. The Morgan fingerprint density at radius 2 is 2.14 bits per heavy atom. The predicted molar refractivity (Wildman–Crippen MR) is 86.0 cm³/mol. The lowest BCUT2D eigenvalue weighted by atomic mass is 9.83. The molecule has 1 saturated heterocycles. The van der Waals surface area contributed by atoms with Crippen LogP contribution in [-0.2, 0) is 6.54 Å². The number of nitrogens with zero attached hydrogens (tertiary/aromatic N) is 1. The molecule has 2 atom stereocenters. The van der Waals surface area contributed by atoms with Crippen molar-refractivity contribution in [3.8, 4) is 0 Å². The zero-order chi connectivity index (χ0) is 14.7. The first-order valence-electron chi connectivity index (χ1n) is 7.74. The van der Waals surface area contributed by atoms with Crippen molar-refractivity contribution in [2.24, 2.45) is 0 Å². The number of benzene rings is 1. The average Bonchev–Trinajstić information content (AvgIpc) is 2.52. The Morgan fingerprint density at radius 3 is 2.86 bits per heavy atom. The van der Waals surface area contributed by atoms with Crippen LogP contribution in [0.4, 0.5) is 0 Å². The Kier molecular flexibility index (Phi) is 4.24. The smallest absolute Gasteiger partial charge is 0.103 e. The molecule has 0 bridgehead atoms. The molecule has 1 fully saturated rings. The van der Waals surface area contributed by atoms with Crippen molar-refractivity contribution in [1.82, 2.24) is 10.2 Å². The fourth-order valence-electron chi connectivity index (χ4n) is 3.23. The van der Waals surface area contributed by atoms with Gasteiger partial charge in [0.05, 0.1) is 6.04 Å². The summed E-state index contributed by atoms with van der Waals surface area (Å²) in [6, 6.07) is 10.6. The van der Waals surface area contributed by atoms with Gasteiger partial charge in [0, 0.05) is 26.2 Å². The third kappa shape index (κ3) is 3.26. The molecule has 0 spiro atoms. The van der Waals surface area contributed by atoms with Crippen molar-refractivity contribution >= 4 is 0 Å². The van der Waals surface area contributed by atoms with Gasteiger partial charge in [0.2, 0.25) is 0 Å². The number of hydrogen-bond donors (Lipinski definition) is 2. The molecule has 21 heavy (non-hydrogen) atoms. The van der Waals surface area contributed by atoms with Crippen LogP contribution >= 0.6 is 0 Å². The number of hydrogen-bond acceptors (Lipinski definition) is 3. The second-order valence-corrected chi connectivity index (χ2v) is 6.15. The van der Waals surface area contributed by atoms with Crippen molar-refractivity contribution in [2.45, 2.75) is 31.5 Å². The molecule has 0 saturated carbocycles. The molecule has 1 aromatic rings. The minimum atomic E-state index is -0.762. The highest BCUT2D eigenvalue weighted by atomic mass is 16.3. The Hall–Kier alpha value is -1.42. The van der Waals surface area contributed by atoms with E-state index in [9.17, 15) is 5.11 Å². The molecular weight excluding hydrogens is 260 g/mol. The fourth-order valence-corrected chi connectivity index (χ4v) is 3.23. The third-order valence-electron chi connectivity index (χ3n) is 4.55. The summed E-state index contributed by atoms with van der Waals surface area (Å²) in [5.41, 5.74) is 1.78. The van der Waals surface area contributed by atoms with Crippen LogP contribution in [0, 0.1) is 0 Å². The van der Waals surface area contributed by atoms with E-state index >= 15 is 0 Å². The van der Waals surface area contributed by atoms with Crippen molar-refractivity contribution in [1.29, 1.82) is 0 Å². The van der Waals surface area contributed by atoms with Gasteiger partial charge in [-0.1, -0.05) is 54.1 Å². The number of nitrogens with one attached hydrogen (secondary N) is 1. The Balaban J connectivity index is 1.77. The SMILES string of the molecule is CC1=CCC(O)(C2CNCCN2Cc2ccccc2)C=C1. The summed E-state index contributed by atoms with van der Waals surface area (Å²) >= 11 is 0. The lowest BCUT2D eigenvalue weighted by molar-refractivity contribution is -0.0237. The van der Waals surface area contributed by atoms with Crippen molar-refractivity contribution < 1.29 is 5.11 Å². The van der Waals surface area contributed by atoms with Gasteiger partial charge in [0.15, 0.2) is 0 Å². The molecule has 2 N–H and O–H groups in total. The topological polar surface area (TPSA) is 35.5 Å². The Bertz CT molecular complexity index is 537. The molecule has 1 aliphatic carbocycles. The molecule has 1 aromatic carbocycles. The maximum atomic E-state index is 11.0. The molecule has 1 aliphatic heterocycles. The van der Waals surface area contributed by atoms with E-state index < -0.39 is 5.60 Å². The van der Waals surface area contributed by atoms with E-state index in [1.807, 2.05) is 18.2 Å². The van der Waals surface area contributed by atoms with Crippen LogP contribution in [0.5, 0.6) is 0 Å². The largest absolute Gasteiger partial charge is 0.384 e. The van der Waals surface area contributed by atoms with Crippen LogP contribution in [0.15, 0.2) is 54.1 Å². The van der Waals surface area contributed by atoms with Crippen molar-refractivity contribution in [3.63, 3.8) is 0 Å².